The fourth-order valence-corrected chi connectivity index (χ4v) is 5.91. The third kappa shape index (κ3) is 3.96. The quantitative estimate of drug-likeness (QED) is 0.554. The fraction of sp³-hybridized carbons (Fsp3) is 0.348. The van der Waals surface area contributed by atoms with Crippen LogP contribution in [0.2, 0.25) is 5.02 Å². The normalized spacial score (nSPS) is 17.3. The number of aromatic nitrogens is 1. The first kappa shape index (κ1) is 21.8. The molecular weight excluding hydrogens is 439 g/mol. The Labute approximate surface area is 186 Å². The number of anilines is 1. The van der Waals surface area contributed by atoms with E-state index in [2.05, 4.69) is 6.92 Å². The first-order valence-corrected chi connectivity index (χ1v) is 12.2. The molecule has 4 rings (SSSR count). The zero-order valence-corrected chi connectivity index (χ0v) is 19.0. The van der Waals surface area contributed by atoms with Gasteiger partial charge in [-0.25, -0.2) is 12.8 Å². The molecule has 1 aromatic heterocycles. The molecule has 3 aromatic rings. The maximum Gasteiger partial charge on any atom is 0.211 e. The second-order valence-corrected chi connectivity index (χ2v) is 10.4. The highest BCUT2D eigenvalue weighted by Gasteiger charge is 2.26. The van der Waals surface area contributed by atoms with Crippen LogP contribution in [0, 0.1) is 11.7 Å². The van der Waals surface area contributed by atoms with Crippen molar-refractivity contribution in [3.05, 3.63) is 63.7 Å². The summed E-state index contributed by atoms with van der Waals surface area (Å²) in [5.74, 6) is -0.0545. The van der Waals surface area contributed by atoms with Crippen molar-refractivity contribution in [2.45, 2.75) is 43.0 Å². The van der Waals surface area contributed by atoms with Crippen LogP contribution >= 0.6 is 11.6 Å². The zero-order chi connectivity index (χ0) is 22.3. The monoisotopic (exact) mass is 462 g/mol. The Balaban J connectivity index is 1.92. The number of hydrogen-bond donors (Lipinski definition) is 0. The average molecular weight is 463 g/mol. The number of fused-ring (bicyclic) bond motifs is 1. The Morgan fingerprint density at radius 3 is 2.68 bits per heavy atom. The van der Waals surface area contributed by atoms with Crippen LogP contribution in [0.25, 0.3) is 10.9 Å². The van der Waals surface area contributed by atoms with E-state index in [1.807, 2.05) is 11.8 Å². The van der Waals surface area contributed by atoms with Crippen molar-refractivity contribution in [2.24, 2.45) is 5.92 Å². The summed E-state index contributed by atoms with van der Waals surface area (Å²) in [5, 5.41) is 0.306. The standard InChI is InChI=1S/C23H24ClFN2O3S/c1-3-26-14-22(31(29,30)17-8-4-7-16(24)10-17)23(28)18-11-19(25)21(12-20(18)26)27-9-5-6-15(2)13-27/h4,7-8,10-12,14-15H,3,5-6,9,13H2,1-2H3. The van der Waals surface area contributed by atoms with Gasteiger partial charge in [-0.05, 0) is 56.0 Å². The molecule has 0 N–H and O–H groups in total. The predicted octanol–water partition coefficient (Wildman–Crippen LogP) is 4.88. The highest BCUT2D eigenvalue weighted by atomic mass is 35.5. The molecule has 1 aliphatic heterocycles. The topological polar surface area (TPSA) is 59.4 Å². The number of aryl methyl sites for hydroxylation is 1. The maximum atomic E-state index is 15.1. The van der Waals surface area contributed by atoms with Gasteiger partial charge in [0.15, 0.2) is 0 Å². The minimum Gasteiger partial charge on any atom is -0.369 e. The van der Waals surface area contributed by atoms with Gasteiger partial charge in [-0.3, -0.25) is 4.79 Å². The van der Waals surface area contributed by atoms with Gasteiger partial charge < -0.3 is 9.47 Å². The van der Waals surface area contributed by atoms with Crippen LogP contribution in [0.3, 0.4) is 0 Å². The SMILES string of the molecule is CCn1cc(S(=O)(=O)c2cccc(Cl)c2)c(=O)c2cc(F)c(N3CCCC(C)C3)cc21. The molecule has 0 bridgehead atoms. The lowest BCUT2D eigenvalue weighted by Gasteiger charge is -2.33. The molecule has 2 aromatic carbocycles. The molecule has 1 unspecified atom stereocenters. The summed E-state index contributed by atoms with van der Waals surface area (Å²) < 4.78 is 43.1. The number of hydrogen-bond acceptors (Lipinski definition) is 4. The third-order valence-electron chi connectivity index (χ3n) is 5.85. The van der Waals surface area contributed by atoms with Crippen LogP contribution in [-0.4, -0.2) is 26.1 Å². The number of rotatable bonds is 4. The molecule has 1 aliphatic rings. The number of pyridine rings is 1. The van der Waals surface area contributed by atoms with Crippen LogP contribution in [0.1, 0.15) is 26.7 Å². The number of benzene rings is 2. The van der Waals surface area contributed by atoms with Crippen LogP contribution < -0.4 is 10.3 Å². The number of sulfone groups is 1. The lowest BCUT2D eigenvalue weighted by molar-refractivity contribution is 0.442. The van der Waals surface area contributed by atoms with Gasteiger partial charge in [0.2, 0.25) is 15.3 Å². The lowest BCUT2D eigenvalue weighted by atomic mass is 9.99. The molecule has 1 fully saturated rings. The van der Waals surface area contributed by atoms with Gasteiger partial charge in [0, 0.05) is 30.9 Å². The van der Waals surface area contributed by atoms with E-state index in [9.17, 15) is 13.2 Å². The summed E-state index contributed by atoms with van der Waals surface area (Å²) in [7, 11) is -4.12. The lowest BCUT2D eigenvalue weighted by Crippen LogP contribution is -2.35. The summed E-state index contributed by atoms with van der Waals surface area (Å²) in [4.78, 5) is 14.7. The Kier molecular flexibility index (Phi) is 5.83. The third-order valence-corrected chi connectivity index (χ3v) is 7.83. The molecule has 1 saturated heterocycles. The summed E-state index contributed by atoms with van der Waals surface area (Å²) in [6, 6.07) is 8.61. The number of halogens is 2. The van der Waals surface area contributed by atoms with Crippen molar-refractivity contribution in [2.75, 3.05) is 18.0 Å². The van der Waals surface area contributed by atoms with E-state index in [1.165, 1.54) is 30.5 Å². The molecule has 0 amide bonds. The van der Waals surface area contributed by atoms with Crippen LogP contribution in [0.5, 0.6) is 0 Å². The van der Waals surface area contributed by atoms with E-state index in [0.29, 0.717) is 23.7 Å². The van der Waals surface area contributed by atoms with Crippen LogP contribution in [0.15, 0.2) is 57.2 Å². The van der Waals surface area contributed by atoms with Gasteiger partial charge in [0.25, 0.3) is 0 Å². The summed E-state index contributed by atoms with van der Waals surface area (Å²) >= 11 is 5.95. The molecule has 2 heterocycles. The average Bonchev–Trinajstić information content (AvgIpc) is 2.74. The van der Waals surface area contributed by atoms with E-state index >= 15 is 4.39 Å². The minimum absolute atomic E-state index is 0.0521. The van der Waals surface area contributed by atoms with Gasteiger partial charge in [-0.1, -0.05) is 24.6 Å². The van der Waals surface area contributed by atoms with Crippen molar-refractivity contribution in [3.8, 4) is 0 Å². The Morgan fingerprint density at radius 1 is 1.23 bits per heavy atom. The largest absolute Gasteiger partial charge is 0.369 e. The predicted molar refractivity (Wildman–Crippen MR) is 121 cm³/mol. The van der Waals surface area contributed by atoms with E-state index in [0.717, 1.165) is 25.9 Å². The van der Waals surface area contributed by atoms with Gasteiger partial charge in [-0.15, -0.1) is 0 Å². The number of piperidine rings is 1. The number of nitrogens with zero attached hydrogens (tertiary/aromatic N) is 2. The second kappa shape index (κ2) is 8.28. The highest BCUT2D eigenvalue weighted by Crippen LogP contribution is 2.30. The maximum absolute atomic E-state index is 15.1. The van der Waals surface area contributed by atoms with Gasteiger partial charge in [0.05, 0.1) is 21.5 Å². The van der Waals surface area contributed by atoms with Gasteiger partial charge in [0.1, 0.15) is 10.7 Å². The molecule has 0 aliphatic carbocycles. The molecule has 0 saturated carbocycles. The fourth-order valence-electron chi connectivity index (χ4n) is 4.24. The van der Waals surface area contributed by atoms with Gasteiger partial charge in [-0.2, -0.15) is 0 Å². The molecule has 0 spiro atoms. The summed E-state index contributed by atoms with van der Waals surface area (Å²) in [5.41, 5.74) is 0.260. The van der Waals surface area contributed by atoms with Crippen LogP contribution in [0.4, 0.5) is 10.1 Å². The zero-order valence-electron chi connectivity index (χ0n) is 17.4. The molecule has 8 heteroatoms. The van der Waals surface area contributed by atoms with E-state index in [-0.39, 0.29) is 20.2 Å². The minimum atomic E-state index is -4.12. The van der Waals surface area contributed by atoms with E-state index in [1.54, 1.807) is 16.7 Å². The Hall–Kier alpha value is -2.38. The molecule has 0 radical (unpaired) electrons. The summed E-state index contributed by atoms with van der Waals surface area (Å²) in [6.45, 7) is 5.92. The highest BCUT2D eigenvalue weighted by molar-refractivity contribution is 7.91. The van der Waals surface area contributed by atoms with Crippen molar-refractivity contribution in [1.29, 1.82) is 0 Å². The Bertz CT molecular complexity index is 1320. The second-order valence-electron chi connectivity index (χ2n) is 8.08. The van der Waals surface area contributed by atoms with E-state index in [4.69, 9.17) is 11.6 Å². The molecule has 1 atom stereocenters. The van der Waals surface area contributed by atoms with Gasteiger partial charge >= 0.3 is 0 Å². The van der Waals surface area contributed by atoms with Crippen molar-refractivity contribution < 1.29 is 12.8 Å². The molecular formula is C23H24ClFN2O3S. The smallest absolute Gasteiger partial charge is 0.211 e. The van der Waals surface area contributed by atoms with Crippen molar-refractivity contribution in [3.63, 3.8) is 0 Å². The summed E-state index contributed by atoms with van der Waals surface area (Å²) in [6.07, 6.45) is 3.44. The Morgan fingerprint density at radius 2 is 2.00 bits per heavy atom. The molecule has 31 heavy (non-hydrogen) atoms. The first-order valence-electron chi connectivity index (χ1n) is 10.3. The molecule has 164 valence electrons. The molecule has 5 nitrogen and oxygen atoms in total. The first-order chi connectivity index (χ1) is 14.7. The van der Waals surface area contributed by atoms with Crippen LogP contribution in [-0.2, 0) is 16.4 Å². The van der Waals surface area contributed by atoms with Crippen molar-refractivity contribution in [1.82, 2.24) is 4.57 Å². The van der Waals surface area contributed by atoms with Crippen molar-refractivity contribution >= 4 is 38.0 Å². The van der Waals surface area contributed by atoms with E-state index < -0.39 is 21.1 Å².